The molecule has 0 fully saturated rings. The Kier molecular flexibility index (Phi) is 4.55. The maximum absolute atomic E-state index is 12.2. The molecule has 0 aliphatic carbocycles. The average Bonchev–Trinajstić information content (AvgIpc) is 2.23. The molecule has 0 saturated heterocycles. The van der Waals surface area contributed by atoms with Gasteiger partial charge in [0.1, 0.15) is 5.41 Å². The van der Waals surface area contributed by atoms with Crippen LogP contribution in [-0.4, -0.2) is 23.9 Å². The number of amides is 1. The van der Waals surface area contributed by atoms with Gasteiger partial charge in [-0.1, -0.05) is 27.7 Å². The predicted molar refractivity (Wildman–Crippen MR) is 65.7 cm³/mol. The highest BCUT2D eigenvalue weighted by Crippen LogP contribution is 2.28. The Bertz CT molecular complexity index is 298. The van der Waals surface area contributed by atoms with Crippen molar-refractivity contribution in [2.45, 2.75) is 54.0 Å². The number of carbonyl (C=O) groups is 1. The summed E-state index contributed by atoms with van der Waals surface area (Å²) in [4.78, 5) is 13.9. The van der Waals surface area contributed by atoms with Crippen molar-refractivity contribution in [3.8, 4) is 6.07 Å². The molecule has 0 bridgehead atoms. The predicted octanol–water partition coefficient (Wildman–Crippen LogP) is 2.82. The van der Waals surface area contributed by atoms with Crippen LogP contribution >= 0.6 is 0 Å². The molecule has 0 radical (unpaired) electrons. The van der Waals surface area contributed by atoms with Gasteiger partial charge in [-0.15, -0.1) is 0 Å². The van der Waals surface area contributed by atoms with E-state index in [4.69, 9.17) is 5.26 Å². The van der Waals surface area contributed by atoms with Gasteiger partial charge in [0.2, 0.25) is 5.91 Å². The summed E-state index contributed by atoms with van der Waals surface area (Å²) in [5.41, 5.74) is -0.872. The SMILES string of the molecule is CCC(C)(C#N)C(=O)N(C)C(C)C(C)(C)C. The molecule has 2 atom stereocenters. The minimum absolute atomic E-state index is 0.0223. The van der Waals surface area contributed by atoms with Gasteiger partial charge in [0.15, 0.2) is 0 Å². The number of hydrogen-bond donors (Lipinski definition) is 0. The summed E-state index contributed by atoms with van der Waals surface area (Å²) in [6.07, 6.45) is 0.545. The van der Waals surface area contributed by atoms with Gasteiger partial charge in [0, 0.05) is 13.1 Å². The third kappa shape index (κ3) is 2.98. The molecule has 16 heavy (non-hydrogen) atoms. The topological polar surface area (TPSA) is 44.1 Å². The third-order valence-corrected chi connectivity index (χ3v) is 3.58. The quantitative estimate of drug-likeness (QED) is 0.740. The molecule has 92 valence electrons. The first-order valence-corrected chi connectivity index (χ1v) is 5.78. The Labute approximate surface area is 99.4 Å². The van der Waals surface area contributed by atoms with Crippen molar-refractivity contribution in [2.75, 3.05) is 7.05 Å². The second-order valence-corrected chi connectivity index (χ2v) is 5.76. The van der Waals surface area contributed by atoms with Gasteiger partial charge in [-0.25, -0.2) is 0 Å². The van der Waals surface area contributed by atoms with E-state index in [2.05, 4.69) is 26.8 Å². The first kappa shape index (κ1) is 15.0. The molecule has 2 unspecified atom stereocenters. The van der Waals surface area contributed by atoms with E-state index in [9.17, 15) is 4.79 Å². The van der Waals surface area contributed by atoms with Crippen LogP contribution in [0.5, 0.6) is 0 Å². The van der Waals surface area contributed by atoms with Gasteiger partial charge in [-0.3, -0.25) is 4.79 Å². The minimum atomic E-state index is -0.895. The molecule has 3 heteroatoms. The first-order valence-electron chi connectivity index (χ1n) is 5.78. The van der Waals surface area contributed by atoms with E-state index in [1.165, 1.54) is 0 Å². The summed E-state index contributed by atoms with van der Waals surface area (Å²) in [6.45, 7) is 11.9. The second kappa shape index (κ2) is 4.86. The van der Waals surface area contributed by atoms with Crippen LogP contribution in [0.3, 0.4) is 0 Å². The highest BCUT2D eigenvalue weighted by atomic mass is 16.2. The van der Waals surface area contributed by atoms with E-state index >= 15 is 0 Å². The van der Waals surface area contributed by atoms with Crippen molar-refractivity contribution in [1.82, 2.24) is 4.90 Å². The Hall–Kier alpha value is -1.04. The zero-order valence-corrected chi connectivity index (χ0v) is 11.6. The van der Waals surface area contributed by atoms with E-state index in [0.717, 1.165) is 0 Å². The van der Waals surface area contributed by atoms with Gasteiger partial charge in [0.05, 0.1) is 6.07 Å². The molecular weight excluding hydrogens is 200 g/mol. The third-order valence-electron chi connectivity index (χ3n) is 3.58. The van der Waals surface area contributed by atoms with E-state index in [1.54, 1.807) is 18.9 Å². The summed E-state index contributed by atoms with van der Waals surface area (Å²) in [5, 5.41) is 9.09. The molecule has 0 aliphatic heterocycles. The highest BCUT2D eigenvalue weighted by Gasteiger charge is 2.37. The van der Waals surface area contributed by atoms with Gasteiger partial charge < -0.3 is 4.90 Å². The van der Waals surface area contributed by atoms with Crippen LogP contribution in [-0.2, 0) is 4.79 Å². The lowest BCUT2D eigenvalue weighted by Gasteiger charge is -2.38. The molecule has 0 saturated carbocycles. The van der Waals surface area contributed by atoms with E-state index < -0.39 is 5.41 Å². The monoisotopic (exact) mass is 224 g/mol. The molecule has 1 amide bonds. The van der Waals surface area contributed by atoms with Gasteiger partial charge in [-0.2, -0.15) is 5.26 Å². The number of nitrogens with zero attached hydrogens (tertiary/aromatic N) is 2. The number of carbonyl (C=O) groups excluding carboxylic acids is 1. The normalized spacial score (nSPS) is 17.1. The van der Waals surface area contributed by atoms with Crippen molar-refractivity contribution in [3.05, 3.63) is 0 Å². The molecule has 0 spiro atoms. The lowest BCUT2D eigenvalue weighted by Crippen LogP contribution is -2.48. The smallest absolute Gasteiger partial charge is 0.242 e. The maximum Gasteiger partial charge on any atom is 0.242 e. The summed E-state index contributed by atoms with van der Waals surface area (Å²) < 4.78 is 0. The van der Waals surface area contributed by atoms with Crippen LogP contribution in [0.1, 0.15) is 48.0 Å². The fourth-order valence-corrected chi connectivity index (χ4v) is 1.42. The van der Waals surface area contributed by atoms with E-state index in [0.29, 0.717) is 6.42 Å². The molecule has 3 nitrogen and oxygen atoms in total. The molecule has 0 aromatic heterocycles. The highest BCUT2D eigenvalue weighted by molar-refractivity contribution is 5.85. The Balaban J connectivity index is 4.96. The lowest BCUT2D eigenvalue weighted by atomic mass is 9.83. The molecule has 0 aliphatic rings. The number of hydrogen-bond acceptors (Lipinski definition) is 2. The molecular formula is C13H24N2O. The van der Waals surface area contributed by atoms with E-state index in [-0.39, 0.29) is 17.4 Å². The average molecular weight is 224 g/mol. The fraction of sp³-hybridized carbons (Fsp3) is 0.846. The lowest BCUT2D eigenvalue weighted by molar-refractivity contribution is -0.141. The number of nitriles is 1. The molecule has 0 rings (SSSR count). The largest absolute Gasteiger partial charge is 0.341 e. The second-order valence-electron chi connectivity index (χ2n) is 5.76. The van der Waals surface area contributed by atoms with Crippen molar-refractivity contribution in [2.24, 2.45) is 10.8 Å². The zero-order chi connectivity index (χ0) is 13.1. The summed E-state index contributed by atoms with van der Waals surface area (Å²) in [6, 6.07) is 2.23. The Morgan fingerprint density at radius 3 is 2.06 bits per heavy atom. The van der Waals surface area contributed by atoms with Gasteiger partial charge >= 0.3 is 0 Å². The zero-order valence-electron chi connectivity index (χ0n) is 11.6. The van der Waals surface area contributed by atoms with Crippen molar-refractivity contribution >= 4 is 5.91 Å². The molecule has 0 aromatic carbocycles. The Morgan fingerprint density at radius 1 is 1.38 bits per heavy atom. The fourth-order valence-electron chi connectivity index (χ4n) is 1.42. The van der Waals surface area contributed by atoms with Crippen molar-refractivity contribution in [1.29, 1.82) is 5.26 Å². The molecule has 0 aromatic rings. The Morgan fingerprint density at radius 2 is 1.81 bits per heavy atom. The minimum Gasteiger partial charge on any atom is -0.341 e. The van der Waals surface area contributed by atoms with Crippen molar-refractivity contribution in [3.63, 3.8) is 0 Å². The number of rotatable bonds is 3. The van der Waals surface area contributed by atoms with Crippen LogP contribution in [0.2, 0.25) is 0 Å². The van der Waals surface area contributed by atoms with Crippen LogP contribution in [0, 0.1) is 22.2 Å². The van der Waals surface area contributed by atoms with Crippen LogP contribution in [0.15, 0.2) is 0 Å². The summed E-state index contributed by atoms with van der Waals surface area (Å²) in [7, 11) is 1.78. The summed E-state index contributed by atoms with van der Waals surface area (Å²) in [5.74, 6) is -0.0834. The van der Waals surface area contributed by atoms with Crippen LogP contribution < -0.4 is 0 Å². The van der Waals surface area contributed by atoms with E-state index in [1.807, 2.05) is 13.8 Å². The first-order chi connectivity index (χ1) is 7.10. The molecule has 0 heterocycles. The molecule has 0 N–H and O–H groups in total. The van der Waals surface area contributed by atoms with Gasteiger partial charge in [0.25, 0.3) is 0 Å². The summed E-state index contributed by atoms with van der Waals surface area (Å²) >= 11 is 0. The van der Waals surface area contributed by atoms with Gasteiger partial charge in [-0.05, 0) is 25.7 Å². The van der Waals surface area contributed by atoms with Crippen LogP contribution in [0.4, 0.5) is 0 Å². The van der Waals surface area contributed by atoms with Crippen molar-refractivity contribution < 1.29 is 4.79 Å². The van der Waals surface area contributed by atoms with Crippen LogP contribution in [0.25, 0.3) is 0 Å². The maximum atomic E-state index is 12.2. The standard InChI is InChI=1S/C13H24N2O/c1-8-13(6,9-14)11(16)15(7)10(2)12(3,4)5/h10H,8H2,1-7H3.